The first-order valence-corrected chi connectivity index (χ1v) is 6.91. The van der Waals surface area contributed by atoms with Gasteiger partial charge in [-0.25, -0.2) is 8.78 Å². The van der Waals surface area contributed by atoms with Crippen LogP contribution in [0.3, 0.4) is 0 Å². The topological polar surface area (TPSA) is 46.6 Å². The van der Waals surface area contributed by atoms with Crippen LogP contribution in [0.5, 0.6) is 0 Å². The predicted molar refractivity (Wildman–Crippen MR) is 71.2 cm³/mol. The summed E-state index contributed by atoms with van der Waals surface area (Å²) in [6.45, 7) is 1.95. The minimum absolute atomic E-state index is 0.0352. The first-order valence-electron chi connectivity index (χ1n) is 6.91. The molecular formula is C15H17F2NO3. The molecule has 1 amide bonds. The highest BCUT2D eigenvalue weighted by Crippen LogP contribution is 2.25. The zero-order valence-corrected chi connectivity index (χ0v) is 11.8. The molecule has 0 saturated carbocycles. The molecule has 114 valence electrons. The summed E-state index contributed by atoms with van der Waals surface area (Å²) < 4.78 is 31.8. The van der Waals surface area contributed by atoms with Gasteiger partial charge >= 0.3 is 5.97 Å². The molecule has 4 nitrogen and oxygen atoms in total. The quantitative estimate of drug-likeness (QED) is 0.784. The fraction of sp³-hybridized carbons (Fsp3) is 0.467. The largest absolute Gasteiger partial charge is 0.466 e. The van der Waals surface area contributed by atoms with Crippen LogP contribution < -0.4 is 0 Å². The van der Waals surface area contributed by atoms with Crippen LogP contribution in [0.2, 0.25) is 0 Å². The number of amides is 1. The zero-order chi connectivity index (χ0) is 15.4. The molecular weight excluding hydrogens is 280 g/mol. The van der Waals surface area contributed by atoms with Crippen LogP contribution in [0.25, 0.3) is 0 Å². The van der Waals surface area contributed by atoms with E-state index in [0.29, 0.717) is 12.8 Å². The minimum atomic E-state index is -0.952. The number of rotatable bonds is 5. The average molecular weight is 297 g/mol. The Hall–Kier alpha value is -1.98. The number of likely N-dealkylation sites (tertiary alicyclic amines) is 1. The van der Waals surface area contributed by atoms with Crippen LogP contribution in [0.15, 0.2) is 18.2 Å². The van der Waals surface area contributed by atoms with E-state index >= 15 is 0 Å². The lowest BCUT2D eigenvalue weighted by Gasteiger charge is -2.24. The molecule has 21 heavy (non-hydrogen) atoms. The molecule has 1 aromatic carbocycles. The van der Waals surface area contributed by atoms with E-state index in [-0.39, 0.29) is 43.1 Å². The highest BCUT2D eigenvalue weighted by Gasteiger charge is 2.33. The van der Waals surface area contributed by atoms with E-state index in [1.165, 1.54) is 17.0 Å². The van der Waals surface area contributed by atoms with Crippen molar-refractivity contribution in [2.75, 3.05) is 6.61 Å². The molecule has 6 heteroatoms. The summed E-state index contributed by atoms with van der Waals surface area (Å²) in [4.78, 5) is 24.8. The second kappa shape index (κ2) is 6.65. The lowest BCUT2D eigenvalue weighted by molar-refractivity contribution is -0.144. The van der Waals surface area contributed by atoms with Gasteiger partial charge in [0.15, 0.2) is 11.6 Å². The van der Waals surface area contributed by atoms with Crippen LogP contribution in [-0.2, 0) is 20.9 Å². The van der Waals surface area contributed by atoms with Crippen LogP contribution in [0.1, 0.15) is 31.7 Å². The molecule has 1 aliphatic heterocycles. The van der Waals surface area contributed by atoms with Crippen molar-refractivity contribution in [3.63, 3.8) is 0 Å². The highest BCUT2D eigenvalue weighted by atomic mass is 19.2. The summed E-state index contributed by atoms with van der Waals surface area (Å²) in [5.41, 5.74) is 0.110. The Morgan fingerprint density at radius 3 is 2.90 bits per heavy atom. The third kappa shape index (κ3) is 3.56. The van der Waals surface area contributed by atoms with Gasteiger partial charge in [0.05, 0.1) is 13.0 Å². The molecule has 0 aliphatic carbocycles. The van der Waals surface area contributed by atoms with Crippen molar-refractivity contribution < 1.29 is 23.1 Å². The van der Waals surface area contributed by atoms with Gasteiger partial charge in [0.2, 0.25) is 5.91 Å². The van der Waals surface area contributed by atoms with E-state index < -0.39 is 11.6 Å². The van der Waals surface area contributed by atoms with E-state index in [1.54, 1.807) is 6.92 Å². The van der Waals surface area contributed by atoms with Gasteiger partial charge in [-0.2, -0.15) is 0 Å². The number of ether oxygens (including phenoxy) is 1. The van der Waals surface area contributed by atoms with Gasteiger partial charge in [-0.3, -0.25) is 9.59 Å². The fourth-order valence-corrected chi connectivity index (χ4v) is 2.49. The number of benzene rings is 1. The number of hydrogen-bond donors (Lipinski definition) is 0. The average Bonchev–Trinajstić information content (AvgIpc) is 2.77. The van der Waals surface area contributed by atoms with Crippen molar-refractivity contribution in [3.05, 3.63) is 35.4 Å². The Morgan fingerprint density at radius 2 is 2.19 bits per heavy atom. The molecule has 1 heterocycles. The molecule has 1 aliphatic rings. The first-order chi connectivity index (χ1) is 10.0. The molecule has 0 bridgehead atoms. The standard InChI is InChI=1S/C15H17F2NO3/c1-2-21-14(20)8-11-6-7-13(19)18(11)9-10-4-3-5-12(16)15(10)17/h3-5,11H,2,6-9H2,1H3. The van der Waals surface area contributed by atoms with Crippen LogP contribution in [0.4, 0.5) is 8.78 Å². The molecule has 1 saturated heterocycles. The maximum atomic E-state index is 13.7. The fourth-order valence-electron chi connectivity index (χ4n) is 2.49. The van der Waals surface area contributed by atoms with Crippen LogP contribution >= 0.6 is 0 Å². The molecule has 2 rings (SSSR count). The Balaban J connectivity index is 2.10. The van der Waals surface area contributed by atoms with Gasteiger partial charge in [-0.15, -0.1) is 0 Å². The predicted octanol–water partition coefficient (Wildman–Crippen LogP) is 2.41. The first kappa shape index (κ1) is 15.4. The molecule has 1 fully saturated rings. The SMILES string of the molecule is CCOC(=O)CC1CCC(=O)N1Cc1cccc(F)c1F. The monoisotopic (exact) mass is 297 g/mol. The van der Waals surface area contributed by atoms with Crippen LogP contribution in [-0.4, -0.2) is 29.4 Å². The molecule has 0 spiro atoms. The number of nitrogens with zero attached hydrogens (tertiary/aromatic N) is 1. The molecule has 1 aromatic rings. The molecule has 1 atom stereocenters. The lowest BCUT2D eigenvalue weighted by atomic mass is 10.1. The highest BCUT2D eigenvalue weighted by molar-refractivity contribution is 5.80. The Kier molecular flexibility index (Phi) is 4.88. The normalized spacial score (nSPS) is 18.1. The van der Waals surface area contributed by atoms with Crippen molar-refractivity contribution in [3.8, 4) is 0 Å². The van der Waals surface area contributed by atoms with E-state index in [0.717, 1.165) is 6.07 Å². The van der Waals surface area contributed by atoms with Crippen LogP contribution in [0, 0.1) is 11.6 Å². The third-order valence-corrected chi connectivity index (χ3v) is 3.53. The van der Waals surface area contributed by atoms with E-state index in [2.05, 4.69) is 0 Å². The summed E-state index contributed by atoms with van der Waals surface area (Å²) in [6, 6.07) is 3.54. The van der Waals surface area contributed by atoms with E-state index in [1.807, 2.05) is 0 Å². The van der Waals surface area contributed by atoms with E-state index in [4.69, 9.17) is 4.74 Å². The van der Waals surface area contributed by atoms with Crippen molar-refractivity contribution in [1.29, 1.82) is 0 Å². The van der Waals surface area contributed by atoms with Gasteiger partial charge < -0.3 is 9.64 Å². The summed E-state index contributed by atoms with van der Waals surface area (Å²) in [6.07, 6.45) is 0.909. The van der Waals surface area contributed by atoms with Gasteiger partial charge in [0, 0.05) is 24.6 Å². The van der Waals surface area contributed by atoms with Crippen molar-refractivity contribution in [1.82, 2.24) is 4.90 Å². The molecule has 1 unspecified atom stereocenters. The maximum Gasteiger partial charge on any atom is 0.307 e. The van der Waals surface area contributed by atoms with Crippen molar-refractivity contribution in [2.24, 2.45) is 0 Å². The number of esters is 1. The summed E-state index contributed by atoms with van der Waals surface area (Å²) >= 11 is 0. The molecule has 0 aromatic heterocycles. The van der Waals surface area contributed by atoms with Crippen molar-refractivity contribution in [2.45, 2.75) is 38.8 Å². The summed E-state index contributed by atoms with van der Waals surface area (Å²) in [5.74, 6) is -2.44. The molecule has 0 N–H and O–H groups in total. The maximum absolute atomic E-state index is 13.7. The smallest absolute Gasteiger partial charge is 0.307 e. The number of hydrogen-bond acceptors (Lipinski definition) is 3. The number of carbonyl (C=O) groups excluding carboxylic acids is 2. The number of carbonyl (C=O) groups is 2. The Labute approximate surface area is 121 Å². The van der Waals surface area contributed by atoms with Gasteiger partial charge in [0.25, 0.3) is 0 Å². The molecule has 0 radical (unpaired) electrons. The summed E-state index contributed by atoms with van der Waals surface area (Å²) in [7, 11) is 0. The second-order valence-corrected chi connectivity index (χ2v) is 4.94. The minimum Gasteiger partial charge on any atom is -0.466 e. The summed E-state index contributed by atoms with van der Waals surface area (Å²) in [5, 5.41) is 0. The van der Waals surface area contributed by atoms with Gasteiger partial charge in [-0.1, -0.05) is 12.1 Å². The third-order valence-electron chi connectivity index (χ3n) is 3.53. The van der Waals surface area contributed by atoms with Crippen molar-refractivity contribution >= 4 is 11.9 Å². The van der Waals surface area contributed by atoms with E-state index in [9.17, 15) is 18.4 Å². The van der Waals surface area contributed by atoms with Gasteiger partial charge in [-0.05, 0) is 19.4 Å². The van der Waals surface area contributed by atoms with Gasteiger partial charge in [0.1, 0.15) is 0 Å². The lowest BCUT2D eigenvalue weighted by Crippen LogP contribution is -2.34. The zero-order valence-electron chi connectivity index (χ0n) is 11.8. The Morgan fingerprint density at radius 1 is 1.43 bits per heavy atom. The number of halogens is 2. The second-order valence-electron chi connectivity index (χ2n) is 4.94. The Bertz CT molecular complexity index is 548.